The van der Waals surface area contributed by atoms with E-state index in [-0.39, 0.29) is 71.4 Å². The van der Waals surface area contributed by atoms with Crippen LogP contribution in [0.5, 0.6) is 0 Å². The summed E-state index contributed by atoms with van der Waals surface area (Å²) < 4.78 is 0. The monoisotopic (exact) mass is 527 g/mol. The molecule has 0 aliphatic carbocycles. The van der Waals surface area contributed by atoms with Crippen molar-refractivity contribution in [2.45, 2.75) is 99.3 Å². The molecule has 0 aliphatic heterocycles. The van der Waals surface area contributed by atoms with Crippen LogP contribution in [-0.2, 0) is 45.8 Å². The third kappa shape index (κ3) is 40.3. The van der Waals surface area contributed by atoms with Crippen LogP contribution in [0.3, 0.4) is 0 Å². The van der Waals surface area contributed by atoms with Crippen molar-refractivity contribution in [3.05, 3.63) is 0 Å². The first-order valence-corrected chi connectivity index (χ1v) is 11.8. The minimum absolute atomic E-state index is 0. The SMILES string of the molecule is CCCCNC(=O)CC(C)=O.CCCCNC(=O)CC(C)=O.CCCCNC(=O)CC(C)=O.[Fe+3]. The van der Waals surface area contributed by atoms with E-state index in [1.807, 2.05) is 0 Å². The Morgan fingerprint density at radius 1 is 0.471 bits per heavy atom. The number of unbranched alkanes of at least 4 members (excludes halogenated alkanes) is 3. The summed E-state index contributed by atoms with van der Waals surface area (Å²) in [6.45, 7) is 12.5. The molecule has 0 saturated carbocycles. The zero-order valence-electron chi connectivity index (χ0n) is 21.8. The molecule has 0 aromatic heterocycles. The van der Waals surface area contributed by atoms with Gasteiger partial charge in [0.25, 0.3) is 0 Å². The van der Waals surface area contributed by atoms with Gasteiger partial charge in [-0.2, -0.15) is 0 Å². The van der Waals surface area contributed by atoms with Crippen molar-refractivity contribution in [3.8, 4) is 0 Å². The zero-order chi connectivity index (χ0) is 26.1. The fourth-order valence-corrected chi connectivity index (χ4v) is 2.08. The van der Waals surface area contributed by atoms with Crippen molar-refractivity contribution in [3.63, 3.8) is 0 Å². The average molecular weight is 527 g/mol. The van der Waals surface area contributed by atoms with Gasteiger partial charge in [0.1, 0.15) is 17.3 Å². The van der Waals surface area contributed by atoms with Crippen LogP contribution in [0.4, 0.5) is 0 Å². The molecule has 0 spiro atoms. The van der Waals surface area contributed by atoms with Gasteiger partial charge in [-0.05, 0) is 40.0 Å². The third-order valence-corrected chi connectivity index (χ3v) is 3.79. The van der Waals surface area contributed by atoms with Crippen LogP contribution >= 0.6 is 0 Å². The number of amides is 3. The molecule has 0 unspecified atom stereocenters. The summed E-state index contributed by atoms with van der Waals surface area (Å²) in [5.74, 6) is -0.736. The molecule has 1 radical (unpaired) electrons. The molecule has 197 valence electrons. The fourth-order valence-electron chi connectivity index (χ4n) is 2.08. The number of nitrogens with one attached hydrogen (secondary N) is 3. The van der Waals surface area contributed by atoms with Gasteiger partial charge in [-0.15, -0.1) is 0 Å². The van der Waals surface area contributed by atoms with Gasteiger partial charge in [-0.1, -0.05) is 40.0 Å². The fraction of sp³-hybridized carbons (Fsp3) is 0.750. The maximum Gasteiger partial charge on any atom is 3.00 e. The van der Waals surface area contributed by atoms with Crippen LogP contribution in [0.15, 0.2) is 0 Å². The van der Waals surface area contributed by atoms with Crippen molar-refractivity contribution in [2.24, 2.45) is 0 Å². The molecule has 0 atom stereocenters. The normalized spacial score (nSPS) is 9.00. The molecule has 9 nitrogen and oxygen atoms in total. The van der Waals surface area contributed by atoms with E-state index in [2.05, 4.69) is 36.7 Å². The molecule has 3 N–H and O–H groups in total. The Morgan fingerprint density at radius 2 is 0.676 bits per heavy atom. The van der Waals surface area contributed by atoms with Crippen LogP contribution in [0, 0.1) is 0 Å². The van der Waals surface area contributed by atoms with Crippen LogP contribution in [0.2, 0.25) is 0 Å². The number of hydrogen-bond acceptors (Lipinski definition) is 6. The molecule has 0 aromatic carbocycles. The van der Waals surface area contributed by atoms with Gasteiger partial charge < -0.3 is 16.0 Å². The summed E-state index contributed by atoms with van der Waals surface area (Å²) in [7, 11) is 0. The number of ketones is 3. The van der Waals surface area contributed by atoms with E-state index >= 15 is 0 Å². The van der Waals surface area contributed by atoms with Gasteiger partial charge in [0, 0.05) is 19.6 Å². The van der Waals surface area contributed by atoms with Crippen molar-refractivity contribution in [1.82, 2.24) is 16.0 Å². The van der Waals surface area contributed by atoms with E-state index in [1.54, 1.807) is 0 Å². The van der Waals surface area contributed by atoms with Crippen molar-refractivity contribution >= 4 is 35.1 Å². The van der Waals surface area contributed by atoms with Gasteiger partial charge in [0.05, 0.1) is 19.3 Å². The third-order valence-electron chi connectivity index (χ3n) is 3.79. The Balaban J connectivity index is -0.000000196. The van der Waals surface area contributed by atoms with E-state index in [1.165, 1.54) is 20.8 Å². The molecule has 34 heavy (non-hydrogen) atoms. The van der Waals surface area contributed by atoms with Crippen molar-refractivity contribution in [2.75, 3.05) is 19.6 Å². The quantitative estimate of drug-likeness (QED) is 0.170. The Morgan fingerprint density at radius 3 is 0.824 bits per heavy atom. The molecule has 10 heteroatoms. The molecular formula is C24H45FeN3O6+3. The molecule has 0 heterocycles. The Labute approximate surface area is 215 Å². The predicted octanol–water partition coefficient (Wildman–Crippen LogP) is 2.64. The van der Waals surface area contributed by atoms with E-state index in [0.29, 0.717) is 19.6 Å². The second-order valence-electron chi connectivity index (χ2n) is 7.75. The summed E-state index contributed by atoms with van der Waals surface area (Å²) in [6.07, 6.45) is 6.15. The van der Waals surface area contributed by atoms with Crippen LogP contribution in [0.1, 0.15) is 99.3 Å². The zero-order valence-corrected chi connectivity index (χ0v) is 22.9. The Hall–Kier alpha value is -2.06. The first-order chi connectivity index (χ1) is 15.5. The number of rotatable bonds is 15. The standard InChI is InChI=1S/3C8H15NO2.Fe/c3*1-3-4-5-9-8(11)6-7(2)10;/h3*3-6H2,1-2H3,(H,9,11);/q;;;+3. The molecular weight excluding hydrogens is 482 g/mol. The van der Waals surface area contributed by atoms with Crippen molar-refractivity contribution in [1.29, 1.82) is 0 Å². The van der Waals surface area contributed by atoms with Crippen LogP contribution < -0.4 is 16.0 Å². The predicted molar refractivity (Wildman–Crippen MR) is 130 cm³/mol. The number of carbonyl (C=O) groups excluding carboxylic acids is 6. The van der Waals surface area contributed by atoms with E-state index in [4.69, 9.17) is 0 Å². The Kier molecular flexibility index (Phi) is 33.4. The van der Waals surface area contributed by atoms with E-state index in [9.17, 15) is 28.8 Å². The van der Waals surface area contributed by atoms with Crippen LogP contribution in [-0.4, -0.2) is 54.7 Å². The molecule has 0 aliphatic rings. The van der Waals surface area contributed by atoms with Gasteiger partial charge in [-0.3, -0.25) is 28.8 Å². The largest absolute Gasteiger partial charge is 3.00 e. The van der Waals surface area contributed by atoms with E-state index < -0.39 is 0 Å². The van der Waals surface area contributed by atoms with Gasteiger partial charge in [-0.25, -0.2) is 0 Å². The second-order valence-corrected chi connectivity index (χ2v) is 7.75. The second kappa shape index (κ2) is 29.0. The van der Waals surface area contributed by atoms with Crippen LogP contribution in [0.25, 0.3) is 0 Å². The molecule has 3 amide bonds. The number of carbonyl (C=O) groups is 6. The molecule has 0 rings (SSSR count). The summed E-state index contributed by atoms with van der Waals surface area (Å²) >= 11 is 0. The Bertz CT molecular complexity index is 516. The first-order valence-electron chi connectivity index (χ1n) is 11.8. The van der Waals surface area contributed by atoms with E-state index in [0.717, 1.165) is 38.5 Å². The summed E-state index contributed by atoms with van der Waals surface area (Å²) in [5.41, 5.74) is 0. The van der Waals surface area contributed by atoms with Gasteiger partial charge >= 0.3 is 17.1 Å². The smallest absolute Gasteiger partial charge is 0.356 e. The average Bonchev–Trinajstić information content (AvgIpc) is 2.68. The van der Waals surface area contributed by atoms with Gasteiger partial charge in [0.15, 0.2) is 0 Å². The topological polar surface area (TPSA) is 139 Å². The van der Waals surface area contributed by atoms with Gasteiger partial charge in [0.2, 0.25) is 17.7 Å². The summed E-state index contributed by atoms with van der Waals surface area (Å²) in [4.78, 5) is 63.7. The summed E-state index contributed by atoms with van der Waals surface area (Å²) in [5, 5.41) is 7.97. The first kappa shape index (κ1) is 39.2. The van der Waals surface area contributed by atoms with Crippen molar-refractivity contribution < 1.29 is 45.8 Å². The molecule has 0 fully saturated rings. The minimum Gasteiger partial charge on any atom is -0.356 e. The minimum atomic E-state index is -0.161. The molecule has 0 saturated heterocycles. The molecule has 0 bridgehead atoms. The summed E-state index contributed by atoms with van der Waals surface area (Å²) in [6, 6.07) is 0. The number of Topliss-reactive ketones (excluding diaryl/α,β-unsaturated/α-hetero) is 3. The molecule has 0 aromatic rings. The maximum atomic E-state index is 10.8. The maximum absolute atomic E-state index is 10.8. The number of hydrogen-bond donors (Lipinski definition) is 3.